The van der Waals surface area contributed by atoms with Crippen LogP contribution in [0.5, 0.6) is 0 Å². The molecular formula is C9H13F5N2O3S. The van der Waals surface area contributed by atoms with E-state index in [-0.39, 0.29) is 5.92 Å². The number of sulfonamides is 1. The molecule has 5 nitrogen and oxygen atoms in total. The molecule has 2 N–H and O–H groups in total. The Morgan fingerprint density at radius 2 is 1.80 bits per heavy atom. The molecule has 1 fully saturated rings. The third-order valence-corrected chi connectivity index (χ3v) is 3.87. The first-order valence-electron chi connectivity index (χ1n) is 5.68. The maximum atomic E-state index is 12.5. The Hall–Kier alpha value is -0.970. The SMILES string of the molecule is O=C(CCNS(=O)(=O)C(F)(F)F)N[C@@H](C(F)F)C1CC1. The van der Waals surface area contributed by atoms with Gasteiger partial charge in [-0.25, -0.2) is 21.9 Å². The lowest BCUT2D eigenvalue weighted by Crippen LogP contribution is -2.43. The number of alkyl halides is 5. The Balaban J connectivity index is 2.37. The Bertz CT molecular complexity index is 445. The van der Waals surface area contributed by atoms with Crippen molar-refractivity contribution < 1.29 is 35.2 Å². The van der Waals surface area contributed by atoms with Crippen molar-refractivity contribution in [1.29, 1.82) is 0 Å². The molecule has 11 heteroatoms. The fourth-order valence-corrected chi connectivity index (χ4v) is 2.02. The summed E-state index contributed by atoms with van der Waals surface area (Å²) in [5.74, 6) is -1.25. The summed E-state index contributed by atoms with van der Waals surface area (Å²) < 4.78 is 83.3. The normalized spacial score (nSPS) is 18.1. The van der Waals surface area contributed by atoms with E-state index < -0.39 is 46.9 Å². The highest BCUT2D eigenvalue weighted by atomic mass is 32.2. The average Bonchev–Trinajstić information content (AvgIpc) is 3.07. The molecule has 1 aliphatic carbocycles. The van der Waals surface area contributed by atoms with Gasteiger partial charge in [-0.3, -0.25) is 4.79 Å². The van der Waals surface area contributed by atoms with Gasteiger partial charge in [0.15, 0.2) is 0 Å². The zero-order valence-electron chi connectivity index (χ0n) is 10.1. The van der Waals surface area contributed by atoms with E-state index in [0.717, 1.165) is 0 Å². The monoisotopic (exact) mass is 324 g/mol. The zero-order chi connectivity index (χ0) is 15.6. The average molecular weight is 324 g/mol. The molecule has 20 heavy (non-hydrogen) atoms. The predicted octanol–water partition coefficient (Wildman–Crippen LogP) is 0.976. The molecule has 118 valence electrons. The molecule has 1 saturated carbocycles. The standard InChI is InChI=1S/C9H13F5N2O3S/c10-8(11)7(5-1-2-5)16-6(17)3-4-15-20(18,19)9(12,13)14/h5,7-8,15H,1-4H2,(H,16,17)/t7-/m1/s1. The van der Waals surface area contributed by atoms with E-state index >= 15 is 0 Å². The highest BCUT2D eigenvalue weighted by molar-refractivity contribution is 7.90. The van der Waals surface area contributed by atoms with Gasteiger partial charge >= 0.3 is 15.5 Å². The second-order valence-electron chi connectivity index (χ2n) is 4.36. The fraction of sp³-hybridized carbons (Fsp3) is 0.889. The largest absolute Gasteiger partial charge is 0.511 e. The van der Waals surface area contributed by atoms with Crippen molar-refractivity contribution in [2.75, 3.05) is 6.54 Å². The third kappa shape index (κ3) is 4.85. The summed E-state index contributed by atoms with van der Waals surface area (Å²) in [6.45, 7) is -0.811. The maximum Gasteiger partial charge on any atom is 0.511 e. The van der Waals surface area contributed by atoms with Gasteiger partial charge in [-0.1, -0.05) is 0 Å². The number of amides is 1. The third-order valence-electron chi connectivity index (χ3n) is 2.68. The van der Waals surface area contributed by atoms with Crippen molar-refractivity contribution in [2.45, 2.75) is 37.2 Å². The van der Waals surface area contributed by atoms with Crippen molar-refractivity contribution in [2.24, 2.45) is 5.92 Å². The van der Waals surface area contributed by atoms with Crippen LogP contribution in [-0.4, -0.2) is 38.8 Å². The number of nitrogens with one attached hydrogen (secondary N) is 2. The van der Waals surface area contributed by atoms with Crippen LogP contribution in [0.3, 0.4) is 0 Å². The molecule has 0 unspecified atom stereocenters. The topological polar surface area (TPSA) is 75.3 Å². The molecule has 0 saturated heterocycles. The van der Waals surface area contributed by atoms with Crippen LogP contribution in [-0.2, 0) is 14.8 Å². The number of carbonyl (C=O) groups excluding carboxylic acids is 1. The van der Waals surface area contributed by atoms with Crippen LogP contribution < -0.4 is 10.0 Å². The van der Waals surface area contributed by atoms with Gasteiger partial charge in [0.2, 0.25) is 5.91 Å². The van der Waals surface area contributed by atoms with Crippen molar-refractivity contribution in [1.82, 2.24) is 10.0 Å². The summed E-state index contributed by atoms with van der Waals surface area (Å²) in [6, 6.07) is -1.33. The Morgan fingerprint density at radius 3 is 2.20 bits per heavy atom. The molecule has 0 aromatic rings. The quantitative estimate of drug-likeness (QED) is 0.686. The lowest BCUT2D eigenvalue weighted by molar-refractivity contribution is -0.123. The molecule has 0 aromatic heterocycles. The smallest absolute Gasteiger partial charge is 0.347 e. The van der Waals surface area contributed by atoms with E-state index in [1.165, 1.54) is 4.72 Å². The highest BCUT2D eigenvalue weighted by Gasteiger charge is 2.45. The van der Waals surface area contributed by atoms with Crippen LogP contribution >= 0.6 is 0 Å². The molecule has 1 amide bonds. The van der Waals surface area contributed by atoms with E-state index in [2.05, 4.69) is 0 Å². The van der Waals surface area contributed by atoms with Crippen LogP contribution in [0.1, 0.15) is 19.3 Å². The first-order chi connectivity index (χ1) is 9.04. The van der Waals surface area contributed by atoms with Crippen LogP contribution in [0.2, 0.25) is 0 Å². The Kier molecular flexibility index (Phi) is 5.30. The summed E-state index contributed by atoms with van der Waals surface area (Å²) in [6.07, 6.45) is -2.31. The minimum Gasteiger partial charge on any atom is -0.347 e. The van der Waals surface area contributed by atoms with Crippen LogP contribution in [0.15, 0.2) is 0 Å². The van der Waals surface area contributed by atoms with Crippen molar-refractivity contribution in [3.63, 3.8) is 0 Å². The minimum absolute atomic E-state index is 0.328. The van der Waals surface area contributed by atoms with E-state index in [0.29, 0.717) is 12.8 Å². The van der Waals surface area contributed by atoms with E-state index in [4.69, 9.17) is 0 Å². The minimum atomic E-state index is -5.52. The van der Waals surface area contributed by atoms with Crippen LogP contribution in [0.25, 0.3) is 0 Å². The fourth-order valence-electron chi connectivity index (χ4n) is 1.48. The Morgan fingerprint density at radius 1 is 1.25 bits per heavy atom. The van der Waals surface area contributed by atoms with Gasteiger partial charge in [0.05, 0.1) is 6.04 Å². The zero-order valence-corrected chi connectivity index (χ0v) is 10.9. The van der Waals surface area contributed by atoms with Crippen molar-refractivity contribution in [3.05, 3.63) is 0 Å². The summed E-state index contributed by atoms with van der Waals surface area (Å²) in [5, 5.41) is 2.00. The first-order valence-corrected chi connectivity index (χ1v) is 7.16. The predicted molar refractivity (Wildman–Crippen MR) is 58.3 cm³/mol. The molecule has 0 bridgehead atoms. The number of hydrogen-bond acceptors (Lipinski definition) is 3. The summed E-state index contributed by atoms with van der Waals surface area (Å²) >= 11 is 0. The molecule has 0 spiro atoms. The highest BCUT2D eigenvalue weighted by Crippen LogP contribution is 2.35. The van der Waals surface area contributed by atoms with Gasteiger partial charge in [-0.05, 0) is 18.8 Å². The lowest BCUT2D eigenvalue weighted by atomic mass is 10.2. The van der Waals surface area contributed by atoms with Crippen molar-refractivity contribution >= 4 is 15.9 Å². The van der Waals surface area contributed by atoms with Gasteiger partial charge < -0.3 is 5.32 Å². The van der Waals surface area contributed by atoms with Gasteiger partial charge in [0.1, 0.15) is 0 Å². The second-order valence-corrected chi connectivity index (χ2v) is 6.12. The van der Waals surface area contributed by atoms with E-state index in [1.807, 2.05) is 5.32 Å². The van der Waals surface area contributed by atoms with Gasteiger partial charge in [-0.15, -0.1) is 0 Å². The van der Waals surface area contributed by atoms with Gasteiger partial charge in [-0.2, -0.15) is 13.2 Å². The molecule has 1 aliphatic rings. The van der Waals surface area contributed by atoms with Gasteiger partial charge in [0.25, 0.3) is 6.43 Å². The first kappa shape index (κ1) is 17.1. The van der Waals surface area contributed by atoms with Gasteiger partial charge in [0, 0.05) is 13.0 Å². The molecule has 0 heterocycles. The van der Waals surface area contributed by atoms with Crippen LogP contribution in [0.4, 0.5) is 22.0 Å². The molecule has 1 atom stereocenters. The molecule has 0 aromatic carbocycles. The number of hydrogen-bond donors (Lipinski definition) is 2. The van der Waals surface area contributed by atoms with Crippen LogP contribution in [0, 0.1) is 5.92 Å². The molecular weight excluding hydrogens is 311 g/mol. The Labute approximate surface area is 112 Å². The second kappa shape index (κ2) is 6.20. The molecule has 0 radical (unpaired) electrons. The summed E-state index contributed by atoms with van der Waals surface area (Å²) in [4.78, 5) is 11.3. The summed E-state index contributed by atoms with van der Waals surface area (Å²) in [5.41, 5.74) is -5.47. The van der Waals surface area contributed by atoms with Crippen molar-refractivity contribution in [3.8, 4) is 0 Å². The number of carbonyl (C=O) groups is 1. The summed E-state index contributed by atoms with van der Waals surface area (Å²) in [7, 11) is -5.52. The maximum absolute atomic E-state index is 12.5. The lowest BCUT2D eigenvalue weighted by Gasteiger charge is -2.17. The molecule has 1 rings (SSSR count). The van der Waals surface area contributed by atoms with E-state index in [9.17, 15) is 35.2 Å². The number of halogens is 5. The van der Waals surface area contributed by atoms with E-state index in [1.54, 1.807) is 0 Å². The molecule has 0 aliphatic heterocycles. The number of rotatable bonds is 7.